The summed E-state index contributed by atoms with van der Waals surface area (Å²) in [7, 11) is 0. The van der Waals surface area contributed by atoms with Crippen molar-refractivity contribution in [3.05, 3.63) is 41.6 Å². The van der Waals surface area contributed by atoms with Gasteiger partial charge in [0.2, 0.25) is 0 Å². The lowest BCUT2D eigenvalue weighted by Crippen LogP contribution is -2.47. The van der Waals surface area contributed by atoms with E-state index in [4.69, 9.17) is 9.47 Å². The Bertz CT molecular complexity index is 940. The molecule has 1 fully saturated rings. The van der Waals surface area contributed by atoms with Gasteiger partial charge in [-0.2, -0.15) is 0 Å². The summed E-state index contributed by atoms with van der Waals surface area (Å²) in [6.45, 7) is 8.55. The van der Waals surface area contributed by atoms with Crippen molar-refractivity contribution in [2.45, 2.75) is 32.4 Å². The van der Waals surface area contributed by atoms with Crippen LogP contribution in [-0.4, -0.2) is 54.7 Å². The van der Waals surface area contributed by atoms with Crippen molar-refractivity contribution in [1.29, 1.82) is 0 Å². The quantitative estimate of drug-likeness (QED) is 0.863. The van der Waals surface area contributed by atoms with Crippen LogP contribution in [0.3, 0.4) is 0 Å². The van der Waals surface area contributed by atoms with Crippen molar-refractivity contribution in [3.8, 4) is 11.5 Å². The lowest BCUT2D eigenvalue weighted by Gasteiger charge is -2.39. The summed E-state index contributed by atoms with van der Waals surface area (Å²) in [5.41, 5.74) is 3.27. The molecule has 3 aliphatic heterocycles. The highest BCUT2D eigenvalue weighted by molar-refractivity contribution is 5.97. The van der Waals surface area contributed by atoms with Crippen LogP contribution in [0.1, 0.15) is 31.0 Å². The van der Waals surface area contributed by atoms with Crippen molar-refractivity contribution >= 4 is 17.4 Å². The van der Waals surface area contributed by atoms with Crippen LogP contribution in [0.25, 0.3) is 0 Å². The molecule has 152 valence electrons. The van der Waals surface area contributed by atoms with Gasteiger partial charge in [-0.3, -0.25) is 9.69 Å². The summed E-state index contributed by atoms with van der Waals surface area (Å²) in [6.07, 6.45) is 2.23. The van der Waals surface area contributed by atoms with Gasteiger partial charge in [0.05, 0.1) is 12.8 Å². The average Bonchev–Trinajstić information content (AvgIpc) is 3.22. The number of hydrogen-bond acceptors (Lipinski definition) is 6. The highest BCUT2D eigenvalue weighted by Crippen LogP contribution is 2.34. The molecule has 1 aromatic carbocycles. The lowest BCUT2D eigenvalue weighted by atomic mass is 10.0. The standard InChI is InChI=1S/C22H26N4O3/c1-14(17-4-3-16-5-10-28-19(16)11-17)25-6-8-26(9-7-25)21-12-20-18(13-23-21)24-22(27)15(2)29-20/h3-4,11-15H,5-10H2,1-2H3,(H,24,27). The smallest absolute Gasteiger partial charge is 0.265 e. The van der Waals surface area contributed by atoms with Gasteiger partial charge in [-0.1, -0.05) is 12.1 Å². The number of piperazine rings is 1. The Hall–Kier alpha value is -2.80. The Labute approximate surface area is 170 Å². The number of hydrogen-bond donors (Lipinski definition) is 1. The molecule has 7 heteroatoms. The van der Waals surface area contributed by atoms with E-state index in [1.807, 2.05) is 6.07 Å². The van der Waals surface area contributed by atoms with Crippen LogP contribution in [0.15, 0.2) is 30.5 Å². The molecule has 5 rings (SSSR count). The van der Waals surface area contributed by atoms with E-state index in [1.165, 1.54) is 11.1 Å². The van der Waals surface area contributed by atoms with Gasteiger partial charge in [0.1, 0.15) is 23.0 Å². The number of benzene rings is 1. The fraction of sp³-hybridized carbons (Fsp3) is 0.455. The second kappa shape index (κ2) is 7.22. The second-order valence-corrected chi connectivity index (χ2v) is 7.95. The number of carbonyl (C=O) groups is 1. The zero-order valence-corrected chi connectivity index (χ0v) is 16.9. The first-order valence-corrected chi connectivity index (χ1v) is 10.3. The Morgan fingerprint density at radius 1 is 1.17 bits per heavy atom. The predicted molar refractivity (Wildman–Crippen MR) is 111 cm³/mol. The molecule has 3 aliphatic rings. The molecular weight excluding hydrogens is 368 g/mol. The van der Waals surface area contributed by atoms with E-state index in [2.05, 4.69) is 45.2 Å². The van der Waals surface area contributed by atoms with Crippen LogP contribution in [0.4, 0.5) is 11.5 Å². The fourth-order valence-electron chi connectivity index (χ4n) is 4.26. The first-order chi connectivity index (χ1) is 14.1. The Balaban J connectivity index is 1.25. The molecule has 0 spiro atoms. The third-order valence-corrected chi connectivity index (χ3v) is 6.17. The first-order valence-electron chi connectivity index (χ1n) is 10.3. The van der Waals surface area contributed by atoms with Gasteiger partial charge in [0.25, 0.3) is 5.91 Å². The molecule has 1 saturated heterocycles. The molecule has 1 amide bonds. The summed E-state index contributed by atoms with van der Waals surface area (Å²) < 4.78 is 11.5. The van der Waals surface area contributed by atoms with Crippen LogP contribution < -0.4 is 19.7 Å². The van der Waals surface area contributed by atoms with Gasteiger partial charge in [-0.15, -0.1) is 0 Å². The highest BCUT2D eigenvalue weighted by atomic mass is 16.5. The highest BCUT2D eigenvalue weighted by Gasteiger charge is 2.27. The van der Waals surface area contributed by atoms with E-state index >= 15 is 0 Å². The molecule has 0 saturated carbocycles. The van der Waals surface area contributed by atoms with E-state index < -0.39 is 6.10 Å². The molecule has 1 aromatic heterocycles. The minimum absolute atomic E-state index is 0.133. The van der Waals surface area contributed by atoms with Crippen LogP contribution in [-0.2, 0) is 11.2 Å². The minimum atomic E-state index is -0.480. The van der Waals surface area contributed by atoms with Crippen molar-refractivity contribution in [3.63, 3.8) is 0 Å². The number of pyridine rings is 1. The summed E-state index contributed by atoms with van der Waals surface area (Å²) in [5, 5.41) is 2.83. The second-order valence-electron chi connectivity index (χ2n) is 7.95. The zero-order chi connectivity index (χ0) is 20.0. The number of ether oxygens (including phenoxy) is 2. The summed E-state index contributed by atoms with van der Waals surface area (Å²) in [5.74, 6) is 2.50. The number of amides is 1. The van der Waals surface area contributed by atoms with E-state index in [0.717, 1.165) is 50.8 Å². The van der Waals surface area contributed by atoms with E-state index in [0.29, 0.717) is 17.5 Å². The number of aromatic nitrogens is 1. The number of carbonyl (C=O) groups excluding carboxylic acids is 1. The third-order valence-electron chi connectivity index (χ3n) is 6.17. The van der Waals surface area contributed by atoms with E-state index in [9.17, 15) is 4.79 Å². The van der Waals surface area contributed by atoms with Crippen molar-refractivity contribution in [1.82, 2.24) is 9.88 Å². The SMILES string of the molecule is CC1Oc2cc(N3CCN(C(C)c4ccc5c(c4)OCC5)CC3)ncc2NC1=O. The largest absolute Gasteiger partial charge is 0.493 e. The Morgan fingerprint density at radius 2 is 2.00 bits per heavy atom. The van der Waals surface area contributed by atoms with Crippen LogP contribution in [0.5, 0.6) is 11.5 Å². The first kappa shape index (κ1) is 18.2. The van der Waals surface area contributed by atoms with Crippen LogP contribution >= 0.6 is 0 Å². The monoisotopic (exact) mass is 394 g/mol. The lowest BCUT2D eigenvalue weighted by molar-refractivity contribution is -0.122. The Kier molecular flexibility index (Phi) is 4.54. The molecule has 29 heavy (non-hydrogen) atoms. The van der Waals surface area contributed by atoms with Crippen molar-refractivity contribution < 1.29 is 14.3 Å². The molecule has 2 atom stereocenters. The van der Waals surface area contributed by atoms with Crippen molar-refractivity contribution in [2.75, 3.05) is 43.0 Å². The summed E-state index contributed by atoms with van der Waals surface area (Å²) in [6, 6.07) is 8.94. The topological polar surface area (TPSA) is 66.9 Å². The molecule has 2 aromatic rings. The maximum Gasteiger partial charge on any atom is 0.265 e. The van der Waals surface area contributed by atoms with Gasteiger partial charge < -0.3 is 19.7 Å². The molecule has 4 heterocycles. The molecule has 0 aliphatic carbocycles. The minimum Gasteiger partial charge on any atom is -0.493 e. The zero-order valence-electron chi connectivity index (χ0n) is 16.9. The summed E-state index contributed by atoms with van der Waals surface area (Å²) in [4.78, 5) is 21.1. The molecular formula is C22H26N4O3. The van der Waals surface area contributed by atoms with Gasteiger partial charge in [-0.05, 0) is 31.0 Å². The van der Waals surface area contributed by atoms with Crippen molar-refractivity contribution in [2.24, 2.45) is 0 Å². The van der Waals surface area contributed by atoms with Gasteiger partial charge in [-0.25, -0.2) is 4.98 Å². The van der Waals surface area contributed by atoms with Gasteiger partial charge in [0.15, 0.2) is 6.10 Å². The van der Waals surface area contributed by atoms with Crippen LogP contribution in [0, 0.1) is 0 Å². The normalized spacial score (nSPS) is 22.2. The number of anilines is 2. The average molecular weight is 394 g/mol. The Morgan fingerprint density at radius 3 is 2.83 bits per heavy atom. The number of fused-ring (bicyclic) bond motifs is 2. The van der Waals surface area contributed by atoms with E-state index in [-0.39, 0.29) is 5.91 Å². The predicted octanol–water partition coefficient (Wildman–Crippen LogP) is 2.62. The fourth-order valence-corrected chi connectivity index (χ4v) is 4.26. The van der Waals surface area contributed by atoms with E-state index in [1.54, 1.807) is 13.1 Å². The molecule has 7 nitrogen and oxygen atoms in total. The van der Waals surface area contributed by atoms with Crippen LogP contribution in [0.2, 0.25) is 0 Å². The third kappa shape index (κ3) is 3.40. The van der Waals surface area contributed by atoms with Gasteiger partial charge >= 0.3 is 0 Å². The molecule has 2 unspecified atom stereocenters. The maximum absolute atomic E-state index is 11.7. The number of rotatable bonds is 3. The molecule has 0 radical (unpaired) electrons. The number of nitrogens with zero attached hydrogens (tertiary/aromatic N) is 3. The number of nitrogens with one attached hydrogen (secondary N) is 1. The maximum atomic E-state index is 11.7. The van der Waals surface area contributed by atoms with Gasteiger partial charge in [0, 0.05) is 44.7 Å². The molecule has 0 bridgehead atoms. The summed E-state index contributed by atoms with van der Waals surface area (Å²) >= 11 is 0. The molecule has 1 N–H and O–H groups in total.